The van der Waals surface area contributed by atoms with Crippen LogP contribution in [0.5, 0.6) is 5.75 Å². The molecule has 1 amide bonds. The lowest BCUT2D eigenvalue weighted by atomic mass is 10.1. The Morgan fingerprint density at radius 3 is 2.32 bits per heavy atom. The van der Waals surface area contributed by atoms with Crippen molar-refractivity contribution >= 4 is 15.9 Å². The Bertz CT molecular complexity index is 790. The van der Waals surface area contributed by atoms with E-state index in [1.165, 1.54) is 12.1 Å². The van der Waals surface area contributed by atoms with Crippen LogP contribution in [0, 0.1) is 0 Å². The molecule has 2 aromatic carbocycles. The molecule has 0 bridgehead atoms. The van der Waals surface area contributed by atoms with Gasteiger partial charge in [-0.1, -0.05) is 37.3 Å². The number of hydrogen-bond donors (Lipinski definition) is 2. The number of primary sulfonamides is 1. The Morgan fingerprint density at radius 1 is 1.12 bits per heavy atom. The predicted octanol–water partition coefficient (Wildman–Crippen LogP) is 1.85. The van der Waals surface area contributed by atoms with E-state index in [1.54, 1.807) is 12.1 Å². The van der Waals surface area contributed by atoms with Crippen molar-refractivity contribution in [2.45, 2.75) is 30.8 Å². The fraction of sp³-hybridized carbons (Fsp3) is 0.278. The minimum absolute atomic E-state index is 0.0718. The number of para-hydroxylation sites is 1. The molecular weight excluding hydrogens is 340 g/mol. The van der Waals surface area contributed by atoms with Gasteiger partial charge in [-0.15, -0.1) is 0 Å². The van der Waals surface area contributed by atoms with Crippen LogP contribution in [-0.4, -0.2) is 27.0 Å². The molecule has 0 unspecified atom stereocenters. The Labute approximate surface area is 148 Å². The number of nitrogens with one attached hydrogen (secondary N) is 1. The average Bonchev–Trinajstić information content (AvgIpc) is 2.60. The molecule has 6 nitrogen and oxygen atoms in total. The zero-order valence-corrected chi connectivity index (χ0v) is 14.8. The minimum Gasteiger partial charge on any atom is -0.481 e. The van der Waals surface area contributed by atoms with Crippen molar-refractivity contribution < 1.29 is 17.9 Å². The van der Waals surface area contributed by atoms with Crippen LogP contribution in [0.2, 0.25) is 0 Å². The number of rotatable bonds is 8. The van der Waals surface area contributed by atoms with E-state index in [0.29, 0.717) is 25.1 Å². The highest BCUT2D eigenvalue weighted by Gasteiger charge is 2.17. The maximum absolute atomic E-state index is 12.2. The average molecular weight is 362 g/mol. The molecule has 1 atom stereocenters. The molecule has 25 heavy (non-hydrogen) atoms. The highest BCUT2D eigenvalue weighted by atomic mass is 32.2. The fourth-order valence-electron chi connectivity index (χ4n) is 2.28. The third-order valence-electron chi connectivity index (χ3n) is 3.65. The summed E-state index contributed by atoms with van der Waals surface area (Å²) in [7, 11) is -3.68. The molecule has 0 fully saturated rings. The summed E-state index contributed by atoms with van der Waals surface area (Å²) in [6, 6.07) is 15.5. The molecule has 2 rings (SSSR count). The zero-order valence-electron chi connectivity index (χ0n) is 14.0. The third kappa shape index (κ3) is 5.88. The van der Waals surface area contributed by atoms with Crippen molar-refractivity contribution in [1.29, 1.82) is 0 Å². The van der Waals surface area contributed by atoms with Gasteiger partial charge in [0.1, 0.15) is 5.75 Å². The second-order valence-electron chi connectivity index (χ2n) is 5.56. The lowest BCUT2D eigenvalue weighted by Gasteiger charge is -2.17. The van der Waals surface area contributed by atoms with Crippen molar-refractivity contribution in [3.63, 3.8) is 0 Å². The highest BCUT2D eigenvalue weighted by Crippen LogP contribution is 2.13. The van der Waals surface area contributed by atoms with Gasteiger partial charge < -0.3 is 10.1 Å². The van der Waals surface area contributed by atoms with E-state index >= 15 is 0 Å². The van der Waals surface area contributed by atoms with Gasteiger partial charge >= 0.3 is 0 Å². The van der Waals surface area contributed by atoms with Gasteiger partial charge in [0.05, 0.1) is 4.90 Å². The first-order chi connectivity index (χ1) is 11.9. The second kappa shape index (κ2) is 8.64. The van der Waals surface area contributed by atoms with Gasteiger partial charge in [-0.3, -0.25) is 4.79 Å². The summed E-state index contributed by atoms with van der Waals surface area (Å²) in [6.45, 7) is 2.32. The smallest absolute Gasteiger partial charge is 0.261 e. The molecule has 0 spiro atoms. The van der Waals surface area contributed by atoms with Gasteiger partial charge in [-0.2, -0.15) is 0 Å². The van der Waals surface area contributed by atoms with Gasteiger partial charge in [0.2, 0.25) is 10.0 Å². The van der Waals surface area contributed by atoms with Crippen molar-refractivity contribution in [1.82, 2.24) is 5.32 Å². The molecule has 0 saturated carbocycles. The standard InChI is InChI=1S/C18H22N2O4S/c1-2-17(24-15-6-4-3-5-7-15)18(21)20-13-12-14-8-10-16(11-9-14)25(19,22)23/h3-11,17H,2,12-13H2,1H3,(H,20,21)(H2,19,22,23)/t17-/m0/s1. The lowest BCUT2D eigenvalue weighted by molar-refractivity contribution is -0.128. The highest BCUT2D eigenvalue weighted by molar-refractivity contribution is 7.89. The largest absolute Gasteiger partial charge is 0.481 e. The third-order valence-corrected chi connectivity index (χ3v) is 4.58. The molecule has 0 aliphatic carbocycles. The van der Waals surface area contributed by atoms with E-state index in [2.05, 4.69) is 5.32 Å². The van der Waals surface area contributed by atoms with Crippen LogP contribution in [0.25, 0.3) is 0 Å². The second-order valence-corrected chi connectivity index (χ2v) is 7.12. The quantitative estimate of drug-likeness (QED) is 0.749. The van der Waals surface area contributed by atoms with E-state index in [-0.39, 0.29) is 10.8 Å². The maximum Gasteiger partial charge on any atom is 0.261 e. The van der Waals surface area contributed by atoms with Crippen LogP contribution >= 0.6 is 0 Å². The Kier molecular flexibility index (Phi) is 6.55. The number of carbonyl (C=O) groups is 1. The maximum atomic E-state index is 12.2. The monoisotopic (exact) mass is 362 g/mol. The van der Waals surface area contributed by atoms with Crippen LogP contribution in [0.1, 0.15) is 18.9 Å². The molecule has 3 N–H and O–H groups in total. The minimum atomic E-state index is -3.68. The number of carbonyl (C=O) groups excluding carboxylic acids is 1. The summed E-state index contributed by atoms with van der Waals surface area (Å²) in [5.41, 5.74) is 0.907. The van der Waals surface area contributed by atoms with Crippen LogP contribution < -0.4 is 15.2 Å². The molecule has 7 heteroatoms. The summed E-state index contributed by atoms with van der Waals surface area (Å²) in [5.74, 6) is 0.482. The molecule has 2 aromatic rings. The summed E-state index contributed by atoms with van der Waals surface area (Å²) in [5, 5.41) is 7.90. The Morgan fingerprint density at radius 2 is 1.76 bits per heavy atom. The van der Waals surface area contributed by atoms with Gasteiger partial charge in [0.15, 0.2) is 6.10 Å². The number of sulfonamides is 1. The first-order valence-corrected chi connectivity index (χ1v) is 9.56. The summed E-state index contributed by atoms with van der Waals surface area (Å²) >= 11 is 0. The molecule has 0 aromatic heterocycles. The van der Waals surface area contributed by atoms with Crippen LogP contribution in [-0.2, 0) is 21.2 Å². The van der Waals surface area contributed by atoms with Crippen LogP contribution in [0.15, 0.2) is 59.5 Å². The van der Waals surface area contributed by atoms with E-state index < -0.39 is 16.1 Å². The first kappa shape index (κ1) is 19.0. The van der Waals surface area contributed by atoms with Crippen LogP contribution in [0.3, 0.4) is 0 Å². The Hall–Kier alpha value is -2.38. The van der Waals surface area contributed by atoms with E-state index in [1.807, 2.05) is 37.3 Å². The first-order valence-electron chi connectivity index (χ1n) is 8.01. The molecule has 0 saturated heterocycles. The summed E-state index contributed by atoms with van der Waals surface area (Å²) in [4.78, 5) is 12.3. The number of hydrogen-bond acceptors (Lipinski definition) is 4. The SMILES string of the molecule is CC[C@H](Oc1ccccc1)C(=O)NCCc1ccc(S(N)(=O)=O)cc1. The normalized spacial score (nSPS) is 12.4. The molecule has 134 valence electrons. The molecule has 0 heterocycles. The topological polar surface area (TPSA) is 98.5 Å². The van der Waals surface area contributed by atoms with Gasteiger partial charge in [-0.25, -0.2) is 13.6 Å². The zero-order chi connectivity index (χ0) is 18.3. The van der Waals surface area contributed by atoms with Gasteiger partial charge in [0.25, 0.3) is 5.91 Å². The number of nitrogens with two attached hydrogens (primary N) is 1. The summed E-state index contributed by atoms with van der Waals surface area (Å²) in [6.07, 6.45) is 0.592. The van der Waals surface area contributed by atoms with Crippen molar-refractivity contribution in [2.24, 2.45) is 5.14 Å². The molecule has 0 aliphatic heterocycles. The van der Waals surface area contributed by atoms with Crippen molar-refractivity contribution in [3.05, 3.63) is 60.2 Å². The van der Waals surface area contributed by atoms with Gasteiger partial charge in [-0.05, 0) is 42.7 Å². The fourth-order valence-corrected chi connectivity index (χ4v) is 2.79. The predicted molar refractivity (Wildman–Crippen MR) is 95.7 cm³/mol. The van der Waals surface area contributed by atoms with Crippen molar-refractivity contribution in [3.8, 4) is 5.75 Å². The van der Waals surface area contributed by atoms with E-state index in [0.717, 1.165) is 5.56 Å². The number of benzene rings is 2. The lowest BCUT2D eigenvalue weighted by Crippen LogP contribution is -2.38. The van der Waals surface area contributed by atoms with Crippen LogP contribution in [0.4, 0.5) is 0 Å². The molecule has 0 aliphatic rings. The van der Waals surface area contributed by atoms with E-state index in [9.17, 15) is 13.2 Å². The number of amides is 1. The molecular formula is C18H22N2O4S. The Balaban J connectivity index is 1.84. The van der Waals surface area contributed by atoms with Crippen molar-refractivity contribution in [2.75, 3.05) is 6.54 Å². The van der Waals surface area contributed by atoms with Gasteiger partial charge in [0, 0.05) is 6.54 Å². The number of ether oxygens (including phenoxy) is 1. The summed E-state index contributed by atoms with van der Waals surface area (Å²) < 4.78 is 28.1. The van der Waals surface area contributed by atoms with E-state index in [4.69, 9.17) is 9.88 Å². The molecule has 0 radical (unpaired) electrons.